The molecule has 0 aromatic heterocycles. The second-order valence-corrected chi connectivity index (χ2v) is 9.63. The Morgan fingerprint density at radius 2 is 1.57 bits per heavy atom. The van der Waals surface area contributed by atoms with Crippen LogP contribution in [0.4, 0.5) is 0 Å². The van der Waals surface area contributed by atoms with E-state index in [0.717, 1.165) is 11.1 Å². The number of fused-ring (bicyclic) bond motifs is 3. The molecule has 2 unspecified atom stereocenters. The molecule has 0 saturated carbocycles. The van der Waals surface area contributed by atoms with E-state index in [-0.39, 0.29) is 25.8 Å². The number of hydrogen-bond donors (Lipinski definition) is 0. The van der Waals surface area contributed by atoms with E-state index in [1.807, 2.05) is 44.2 Å². The molecular formula is C23H27O6P. The molecule has 0 spiro atoms. The smallest absolute Gasteiger partial charge is 0.310 e. The molecule has 0 aliphatic carbocycles. The van der Waals surface area contributed by atoms with Crippen LogP contribution >= 0.6 is 7.37 Å². The Morgan fingerprint density at radius 3 is 2.30 bits per heavy atom. The van der Waals surface area contributed by atoms with Crippen molar-refractivity contribution in [1.29, 1.82) is 0 Å². The number of ether oxygens (including phenoxy) is 2. The summed E-state index contributed by atoms with van der Waals surface area (Å²) in [6.45, 7) is 4.30. The maximum atomic E-state index is 14.0. The van der Waals surface area contributed by atoms with E-state index in [4.69, 9.17) is 14.0 Å². The predicted molar refractivity (Wildman–Crippen MR) is 115 cm³/mol. The minimum atomic E-state index is -3.47. The molecule has 1 aliphatic heterocycles. The minimum Gasteiger partial charge on any atom is -0.466 e. The third kappa shape index (κ3) is 4.93. The normalized spacial score (nSPS) is 17.8. The first-order valence-electron chi connectivity index (χ1n) is 10.3. The zero-order chi connectivity index (χ0) is 21.6. The van der Waals surface area contributed by atoms with Crippen molar-refractivity contribution in [1.82, 2.24) is 0 Å². The Balaban J connectivity index is 1.91. The third-order valence-electron chi connectivity index (χ3n) is 4.82. The topological polar surface area (TPSA) is 78.9 Å². The van der Waals surface area contributed by atoms with Gasteiger partial charge in [0.25, 0.3) is 7.37 Å². The molecule has 7 heteroatoms. The van der Waals surface area contributed by atoms with Crippen LogP contribution in [0.3, 0.4) is 0 Å². The van der Waals surface area contributed by atoms with Crippen molar-refractivity contribution >= 4 is 24.6 Å². The lowest BCUT2D eigenvalue weighted by molar-refractivity contribution is -0.154. The van der Waals surface area contributed by atoms with E-state index in [2.05, 4.69) is 0 Å². The minimum absolute atomic E-state index is 0.123. The van der Waals surface area contributed by atoms with Gasteiger partial charge < -0.3 is 14.0 Å². The molecule has 0 bridgehead atoms. The summed E-state index contributed by atoms with van der Waals surface area (Å²) in [5, 5.41) is 0.555. The predicted octanol–water partition coefficient (Wildman–Crippen LogP) is 4.56. The molecule has 2 atom stereocenters. The Kier molecular flexibility index (Phi) is 7.33. The fourth-order valence-electron chi connectivity index (χ4n) is 3.42. The molecule has 2 aromatic rings. The molecule has 1 heterocycles. The number of rotatable bonds is 9. The number of hydrogen-bond acceptors (Lipinski definition) is 6. The first kappa shape index (κ1) is 22.1. The van der Waals surface area contributed by atoms with Gasteiger partial charge in [-0.3, -0.25) is 14.2 Å². The van der Waals surface area contributed by atoms with E-state index in [0.29, 0.717) is 23.9 Å². The van der Waals surface area contributed by atoms with Gasteiger partial charge in [-0.05, 0) is 30.5 Å². The van der Waals surface area contributed by atoms with Crippen LogP contribution in [0, 0.1) is 5.92 Å². The fourth-order valence-corrected chi connectivity index (χ4v) is 6.00. The highest BCUT2D eigenvalue weighted by molar-refractivity contribution is 7.67. The van der Waals surface area contributed by atoms with E-state index in [1.165, 1.54) is 0 Å². The molecule has 30 heavy (non-hydrogen) atoms. The second-order valence-electron chi connectivity index (χ2n) is 7.25. The molecule has 0 fully saturated rings. The SMILES string of the molecule is CCCOC(=O)CC(CP1(=O)Oc2ccccc2-c2ccccc21)C(=O)OCCC. The van der Waals surface area contributed by atoms with Crippen LogP contribution in [-0.2, 0) is 23.6 Å². The van der Waals surface area contributed by atoms with Crippen molar-refractivity contribution in [2.75, 3.05) is 19.4 Å². The summed E-state index contributed by atoms with van der Waals surface area (Å²) >= 11 is 0. The van der Waals surface area contributed by atoms with Crippen molar-refractivity contribution in [2.45, 2.75) is 33.1 Å². The van der Waals surface area contributed by atoms with Crippen molar-refractivity contribution in [3.05, 3.63) is 48.5 Å². The van der Waals surface area contributed by atoms with E-state index in [9.17, 15) is 14.2 Å². The van der Waals surface area contributed by atoms with Crippen LogP contribution in [0.15, 0.2) is 48.5 Å². The van der Waals surface area contributed by atoms with Gasteiger partial charge in [-0.1, -0.05) is 50.2 Å². The van der Waals surface area contributed by atoms with E-state index < -0.39 is 25.2 Å². The summed E-state index contributed by atoms with van der Waals surface area (Å²) in [7, 11) is -3.47. The van der Waals surface area contributed by atoms with Crippen LogP contribution in [0.2, 0.25) is 0 Å². The van der Waals surface area contributed by atoms with Gasteiger partial charge in [-0.2, -0.15) is 0 Å². The number of para-hydroxylation sites is 1. The van der Waals surface area contributed by atoms with Gasteiger partial charge in [-0.25, -0.2) is 0 Å². The maximum Gasteiger partial charge on any atom is 0.310 e. The maximum absolute atomic E-state index is 14.0. The Morgan fingerprint density at radius 1 is 0.933 bits per heavy atom. The molecule has 160 valence electrons. The van der Waals surface area contributed by atoms with Crippen molar-refractivity contribution in [3.63, 3.8) is 0 Å². The Bertz CT molecular complexity index is 954. The lowest BCUT2D eigenvalue weighted by Gasteiger charge is -2.30. The summed E-state index contributed by atoms with van der Waals surface area (Å²) in [5.41, 5.74) is 1.67. The van der Waals surface area contributed by atoms with Crippen LogP contribution in [0.1, 0.15) is 33.1 Å². The van der Waals surface area contributed by atoms with Crippen LogP contribution in [0.25, 0.3) is 11.1 Å². The van der Waals surface area contributed by atoms with Gasteiger partial charge in [0, 0.05) is 5.56 Å². The molecule has 0 N–H and O–H groups in total. The average molecular weight is 430 g/mol. The highest BCUT2D eigenvalue weighted by Gasteiger charge is 2.41. The highest BCUT2D eigenvalue weighted by atomic mass is 31.2. The van der Waals surface area contributed by atoms with Gasteiger partial charge in [0.1, 0.15) is 5.75 Å². The van der Waals surface area contributed by atoms with Crippen molar-refractivity contribution in [3.8, 4) is 16.9 Å². The molecule has 0 radical (unpaired) electrons. The summed E-state index contributed by atoms with van der Waals surface area (Å²) in [4.78, 5) is 24.9. The van der Waals surface area contributed by atoms with Gasteiger partial charge in [-0.15, -0.1) is 0 Å². The largest absolute Gasteiger partial charge is 0.466 e. The summed E-state index contributed by atoms with van der Waals surface area (Å²) in [6.07, 6.45) is 1.02. The van der Waals surface area contributed by atoms with Gasteiger partial charge in [0.05, 0.1) is 37.0 Å². The van der Waals surface area contributed by atoms with Gasteiger partial charge in [0.15, 0.2) is 0 Å². The standard InChI is InChI=1S/C23H27O6P/c1-3-13-27-22(24)15-17(23(25)28-14-4-2)16-30(26)21-12-8-6-10-19(21)18-9-5-7-11-20(18)29-30/h5-12,17H,3-4,13-16H2,1-2H3. The monoisotopic (exact) mass is 430 g/mol. The zero-order valence-electron chi connectivity index (χ0n) is 17.3. The average Bonchev–Trinajstić information content (AvgIpc) is 2.75. The summed E-state index contributed by atoms with van der Waals surface area (Å²) in [6, 6.07) is 14.7. The van der Waals surface area contributed by atoms with Crippen molar-refractivity contribution < 1.29 is 28.2 Å². The van der Waals surface area contributed by atoms with Gasteiger partial charge >= 0.3 is 11.9 Å². The van der Waals surface area contributed by atoms with E-state index >= 15 is 0 Å². The molecule has 6 nitrogen and oxygen atoms in total. The number of benzene rings is 2. The van der Waals surface area contributed by atoms with E-state index in [1.54, 1.807) is 18.2 Å². The Labute approximate surface area is 177 Å². The first-order chi connectivity index (χ1) is 14.5. The van der Waals surface area contributed by atoms with Crippen LogP contribution in [-0.4, -0.2) is 31.3 Å². The highest BCUT2D eigenvalue weighted by Crippen LogP contribution is 2.55. The molecule has 0 saturated heterocycles. The number of carbonyl (C=O) groups is 2. The Hall–Kier alpha value is -2.59. The first-order valence-corrected chi connectivity index (χ1v) is 12.1. The fraction of sp³-hybridized carbons (Fsp3) is 0.391. The number of carbonyl (C=O) groups excluding carboxylic acids is 2. The molecular weight excluding hydrogens is 403 g/mol. The quantitative estimate of drug-likeness (QED) is 0.429. The molecule has 0 amide bonds. The summed E-state index contributed by atoms with van der Waals surface area (Å²) < 4.78 is 30.4. The van der Waals surface area contributed by atoms with Crippen LogP contribution in [0.5, 0.6) is 5.75 Å². The third-order valence-corrected chi connectivity index (χ3v) is 7.35. The zero-order valence-corrected chi connectivity index (χ0v) is 18.2. The lowest BCUT2D eigenvalue weighted by Crippen LogP contribution is -2.30. The molecule has 1 aliphatic rings. The van der Waals surface area contributed by atoms with Crippen molar-refractivity contribution in [2.24, 2.45) is 5.92 Å². The molecule has 3 rings (SSSR count). The van der Waals surface area contributed by atoms with Crippen LogP contribution < -0.4 is 9.83 Å². The van der Waals surface area contributed by atoms with Gasteiger partial charge in [0.2, 0.25) is 0 Å². The summed E-state index contributed by atoms with van der Waals surface area (Å²) in [5.74, 6) is -1.47. The second kappa shape index (κ2) is 9.94. The lowest BCUT2D eigenvalue weighted by atomic mass is 10.0. The molecule has 2 aromatic carbocycles. The number of esters is 2.